The van der Waals surface area contributed by atoms with E-state index in [-0.39, 0.29) is 96.2 Å². The number of fused-ring (bicyclic) bond motifs is 3. The predicted octanol–water partition coefficient (Wildman–Crippen LogP) is 6.41. The van der Waals surface area contributed by atoms with Crippen LogP contribution in [-0.2, 0) is 4.74 Å². The monoisotopic (exact) mass is 741 g/mol. The topological polar surface area (TPSA) is 113 Å². The second-order valence-corrected chi connectivity index (χ2v) is 15.9. The summed E-state index contributed by atoms with van der Waals surface area (Å²) >= 11 is 8.08. The molecule has 3 saturated heterocycles. The number of nitriles is 1. The van der Waals surface area contributed by atoms with E-state index in [0.29, 0.717) is 45.0 Å². The predicted molar refractivity (Wildman–Crippen MR) is 192 cm³/mol. The van der Waals surface area contributed by atoms with E-state index in [1.807, 2.05) is 14.1 Å². The number of hydrogen-bond donors (Lipinski definition) is 1. The van der Waals surface area contributed by atoms with Crippen LogP contribution >= 0.6 is 22.9 Å². The lowest BCUT2D eigenvalue weighted by Crippen LogP contribution is -2.51. The molecule has 0 aliphatic carbocycles. The molecule has 0 amide bonds. The quantitative estimate of drug-likeness (QED) is 0.218. The summed E-state index contributed by atoms with van der Waals surface area (Å²) in [6.45, 7) is 5.33. The number of ether oxygens (including phenoxy) is 3. The standard InChI is InChI=1S/C36H39ClF3N7O3S/c1-18(13-45(2)3)47-24-17-48-15-19(24)16-50-31-27-30(43-35(44-34(27)47)49-10-8-36-7-4-9-46(36)14-20(38)11-36)29(40)26(28(31)37)21-5-6-23(39)32-25(21)22(12-41)33(42)51-32/h5-6,18-20,24H,4,7-11,13-17,42H2,1-3H3/t18?,19?,20-,24?,36-/m1/s1. The zero-order valence-electron chi connectivity index (χ0n) is 28.6. The van der Waals surface area contributed by atoms with Crippen LogP contribution in [0.3, 0.4) is 0 Å². The van der Waals surface area contributed by atoms with Gasteiger partial charge >= 0.3 is 6.01 Å². The van der Waals surface area contributed by atoms with E-state index in [9.17, 15) is 9.65 Å². The number of benzene rings is 2. The zero-order valence-corrected chi connectivity index (χ0v) is 30.2. The Morgan fingerprint density at radius 2 is 2.06 bits per heavy atom. The Labute approximate surface area is 302 Å². The number of alkyl halides is 1. The van der Waals surface area contributed by atoms with Gasteiger partial charge in [0.05, 0.1) is 53.1 Å². The minimum Gasteiger partial charge on any atom is -0.491 e. The first-order valence-electron chi connectivity index (χ1n) is 17.3. The van der Waals surface area contributed by atoms with Crippen molar-refractivity contribution in [2.24, 2.45) is 5.92 Å². The molecule has 3 fully saturated rings. The number of anilines is 2. The van der Waals surface area contributed by atoms with E-state index in [1.54, 1.807) is 0 Å². The fourth-order valence-corrected chi connectivity index (χ4v) is 10.1. The molecular formula is C36H39ClF3N7O3S. The highest BCUT2D eigenvalue weighted by Gasteiger charge is 2.48. The molecule has 0 spiro atoms. The summed E-state index contributed by atoms with van der Waals surface area (Å²) in [5, 5.41) is 10.5. The smallest absolute Gasteiger partial charge is 0.319 e. The SMILES string of the molecule is CC(CN(C)C)N1c2nc(OCC[C@@]34CCCN3C[C@H](F)C4)nc3c(F)c(-c4ccc(F)c5sc(N)c(C#N)c45)c(Cl)c(c23)OCC2COCC21. The lowest BCUT2D eigenvalue weighted by atomic mass is 9.90. The first-order chi connectivity index (χ1) is 24.5. The average Bonchev–Trinajstić information content (AvgIpc) is 3.83. The molecule has 0 saturated carbocycles. The Bertz CT molecular complexity index is 2080. The largest absolute Gasteiger partial charge is 0.491 e. The van der Waals surface area contributed by atoms with E-state index in [2.05, 4.69) is 32.7 Å². The molecule has 8 rings (SSSR count). The van der Waals surface area contributed by atoms with Crippen molar-refractivity contribution in [3.8, 4) is 29.0 Å². The first-order valence-corrected chi connectivity index (χ1v) is 18.5. The molecule has 51 heavy (non-hydrogen) atoms. The zero-order chi connectivity index (χ0) is 35.8. The molecule has 10 nitrogen and oxygen atoms in total. The van der Waals surface area contributed by atoms with Crippen LogP contribution in [0.4, 0.5) is 24.0 Å². The van der Waals surface area contributed by atoms with E-state index >= 15 is 8.78 Å². The van der Waals surface area contributed by atoms with Gasteiger partial charge in [-0.15, -0.1) is 11.3 Å². The lowest BCUT2D eigenvalue weighted by Gasteiger charge is -2.40. The van der Waals surface area contributed by atoms with Crippen LogP contribution < -0.4 is 20.1 Å². The molecule has 15 heteroatoms. The molecule has 4 aliphatic heterocycles. The van der Waals surface area contributed by atoms with Gasteiger partial charge in [-0.3, -0.25) is 4.90 Å². The molecule has 2 N–H and O–H groups in total. The lowest BCUT2D eigenvalue weighted by molar-refractivity contribution is 0.146. The average molecular weight is 742 g/mol. The second kappa shape index (κ2) is 13.1. The second-order valence-electron chi connectivity index (χ2n) is 14.5. The Kier molecular flexibility index (Phi) is 8.86. The summed E-state index contributed by atoms with van der Waals surface area (Å²) in [4.78, 5) is 16.1. The molecule has 2 aromatic carbocycles. The molecule has 2 aromatic heterocycles. The van der Waals surface area contributed by atoms with Crippen LogP contribution in [0.15, 0.2) is 12.1 Å². The van der Waals surface area contributed by atoms with Crippen LogP contribution in [-0.4, -0.2) is 104 Å². The maximum Gasteiger partial charge on any atom is 0.319 e. The number of thiophene rings is 1. The van der Waals surface area contributed by atoms with Gasteiger partial charge in [0.2, 0.25) is 0 Å². The van der Waals surface area contributed by atoms with Crippen molar-refractivity contribution in [3.63, 3.8) is 0 Å². The molecule has 0 bridgehead atoms. The van der Waals surface area contributed by atoms with Crippen LogP contribution in [0.2, 0.25) is 5.02 Å². The summed E-state index contributed by atoms with van der Waals surface area (Å²) in [7, 11) is 3.97. The van der Waals surface area contributed by atoms with Crippen LogP contribution in [0.25, 0.3) is 32.1 Å². The Morgan fingerprint density at radius 1 is 1.24 bits per heavy atom. The molecule has 6 heterocycles. The van der Waals surface area contributed by atoms with Crippen LogP contribution in [0.1, 0.15) is 38.2 Å². The van der Waals surface area contributed by atoms with Crippen molar-refractivity contribution in [2.45, 2.75) is 56.4 Å². The van der Waals surface area contributed by atoms with E-state index in [4.69, 9.17) is 36.5 Å². The third-order valence-electron chi connectivity index (χ3n) is 11.0. The van der Waals surface area contributed by atoms with Gasteiger partial charge in [-0.1, -0.05) is 17.7 Å². The van der Waals surface area contributed by atoms with Gasteiger partial charge in [-0.2, -0.15) is 15.2 Å². The number of halogens is 4. The van der Waals surface area contributed by atoms with Gasteiger partial charge in [-0.05, 0) is 58.5 Å². The summed E-state index contributed by atoms with van der Waals surface area (Å²) in [6.07, 6.45) is 2.06. The number of rotatable bonds is 8. The number of nitrogens with zero attached hydrogens (tertiary/aromatic N) is 6. The Hall–Kier alpha value is -3.61. The van der Waals surface area contributed by atoms with Gasteiger partial charge in [0.1, 0.15) is 34.4 Å². The highest BCUT2D eigenvalue weighted by atomic mass is 35.5. The third-order valence-corrected chi connectivity index (χ3v) is 12.4. The van der Waals surface area contributed by atoms with E-state index in [0.717, 1.165) is 30.7 Å². The molecular weight excluding hydrogens is 703 g/mol. The third kappa shape index (κ3) is 5.63. The fourth-order valence-electron chi connectivity index (χ4n) is 8.86. The minimum absolute atomic E-state index is 0.0356. The van der Waals surface area contributed by atoms with Crippen molar-refractivity contribution < 1.29 is 27.4 Å². The summed E-state index contributed by atoms with van der Waals surface area (Å²) in [6, 6.07) is 4.37. The van der Waals surface area contributed by atoms with Gasteiger partial charge in [0.15, 0.2) is 11.6 Å². The van der Waals surface area contributed by atoms with E-state index in [1.165, 1.54) is 12.1 Å². The van der Waals surface area contributed by atoms with Crippen molar-refractivity contribution >= 4 is 54.7 Å². The highest BCUT2D eigenvalue weighted by Crippen LogP contribution is 2.52. The molecule has 0 radical (unpaired) electrons. The van der Waals surface area contributed by atoms with Gasteiger partial charge in [0.25, 0.3) is 0 Å². The van der Waals surface area contributed by atoms with Gasteiger partial charge in [0, 0.05) is 48.0 Å². The normalized spacial score (nSPS) is 25.2. The number of likely N-dealkylation sites (N-methyl/N-ethyl adjacent to an activating group) is 1. The van der Waals surface area contributed by atoms with E-state index < -0.39 is 17.8 Å². The first kappa shape index (κ1) is 34.5. The van der Waals surface area contributed by atoms with Gasteiger partial charge < -0.3 is 29.7 Å². The fraction of sp³-hybridized carbons (Fsp3) is 0.528. The molecule has 4 aromatic rings. The number of nitrogen functional groups attached to an aromatic ring is 1. The molecule has 5 atom stereocenters. The van der Waals surface area contributed by atoms with Crippen molar-refractivity contribution in [1.29, 1.82) is 5.26 Å². The van der Waals surface area contributed by atoms with Crippen LogP contribution in [0, 0.1) is 28.9 Å². The van der Waals surface area contributed by atoms with Crippen molar-refractivity contribution in [3.05, 3.63) is 34.4 Å². The molecule has 270 valence electrons. The molecule has 4 aliphatic rings. The Balaban J connectivity index is 1.33. The van der Waals surface area contributed by atoms with Crippen molar-refractivity contribution in [1.82, 2.24) is 19.8 Å². The summed E-state index contributed by atoms with van der Waals surface area (Å²) in [5.41, 5.74) is 5.91. The maximum absolute atomic E-state index is 17.4. The highest BCUT2D eigenvalue weighted by molar-refractivity contribution is 7.23. The number of aromatic nitrogens is 2. The molecule has 3 unspecified atom stereocenters. The summed E-state index contributed by atoms with van der Waals surface area (Å²) < 4.78 is 65.9. The number of hydrogen-bond acceptors (Lipinski definition) is 11. The number of nitrogens with two attached hydrogens (primary N) is 1. The van der Waals surface area contributed by atoms with Gasteiger partial charge in [-0.25, -0.2) is 13.2 Å². The van der Waals surface area contributed by atoms with Crippen LogP contribution in [0.5, 0.6) is 11.8 Å². The Morgan fingerprint density at radius 3 is 2.84 bits per heavy atom. The summed E-state index contributed by atoms with van der Waals surface area (Å²) in [5.74, 6) is -0.871. The maximum atomic E-state index is 17.4. The van der Waals surface area contributed by atoms with Crippen molar-refractivity contribution in [2.75, 3.05) is 70.8 Å². The minimum atomic E-state index is -0.874.